The average Bonchev–Trinajstić information content (AvgIpc) is 2.74. The highest BCUT2D eigenvalue weighted by atomic mass is 28.4. The van der Waals surface area contributed by atoms with E-state index >= 15 is 0 Å². The zero-order valence-corrected chi connectivity index (χ0v) is 13.7. The minimum absolute atomic E-state index is 0.185. The van der Waals surface area contributed by atoms with E-state index in [1.54, 1.807) is 12.1 Å². The molecular formula is C15H26O3Si. The molecule has 0 aliphatic heterocycles. The summed E-state index contributed by atoms with van der Waals surface area (Å²) >= 11 is 0. The van der Waals surface area contributed by atoms with Crippen LogP contribution in [0, 0.1) is 0 Å². The van der Waals surface area contributed by atoms with Crippen molar-refractivity contribution in [3.05, 3.63) is 36.3 Å². The molecule has 0 amide bonds. The first-order valence-electron chi connectivity index (χ1n) is 6.69. The summed E-state index contributed by atoms with van der Waals surface area (Å²) in [5.41, 5.74) is 0. The van der Waals surface area contributed by atoms with Gasteiger partial charge in [-0.25, -0.2) is 0 Å². The zero-order valence-electron chi connectivity index (χ0n) is 12.7. The molecule has 1 aromatic rings. The van der Waals surface area contributed by atoms with E-state index in [1.807, 2.05) is 6.07 Å². The molecule has 1 aromatic heterocycles. The van der Waals surface area contributed by atoms with Gasteiger partial charge in [-0.15, -0.1) is 6.58 Å². The summed E-state index contributed by atoms with van der Waals surface area (Å²) in [7, 11) is -1.76. The largest absolute Gasteiger partial charge is 0.461 e. The van der Waals surface area contributed by atoms with Crippen molar-refractivity contribution < 1.29 is 13.9 Å². The van der Waals surface area contributed by atoms with E-state index < -0.39 is 14.4 Å². The number of hydrogen-bond acceptors (Lipinski definition) is 3. The second-order valence-corrected chi connectivity index (χ2v) is 11.2. The third kappa shape index (κ3) is 4.33. The van der Waals surface area contributed by atoms with E-state index in [4.69, 9.17) is 8.84 Å². The molecule has 0 aliphatic carbocycles. The lowest BCUT2D eigenvalue weighted by Crippen LogP contribution is -2.40. The Labute approximate surface area is 117 Å². The molecule has 1 N–H and O–H groups in total. The molecule has 0 unspecified atom stereocenters. The van der Waals surface area contributed by atoms with Crippen molar-refractivity contribution in [1.82, 2.24) is 0 Å². The maximum absolute atomic E-state index is 9.79. The van der Waals surface area contributed by atoms with Crippen LogP contribution >= 0.6 is 0 Å². The lowest BCUT2D eigenvalue weighted by molar-refractivity contribution is 0.146. The SMILES string of the molecule is C=CC[C@H](O)c1ccc(CO[Si](C)(C)C(C)(C)C)o1. The van der Waals surface area contributed by atoms with Crippen LogP contribution in [0.2, 0.25) is 18.1 Å². The van der Waals surface area contributed by atoms with Gasteiger partial charge in [-0.2, -0.15) is 0 Å². The number of aliphatic hydroxyl groups is 1. The van der Waals surface area contributed by atoms with Gasteiger partial charge in [-0.3, -0.25) is 0 Å². The van der Waals surface area contributed by atoms with Crippen molar-refractivity contribution in [3.8, 4) is 0 Å². The van der Waals surface area contributed by atoms with Crippen LogP contribution in [0.25, 0.3) is 0 Å². The standard InChI is InChI=1S/C15H26O3Si/c1-7-8-13(16)14-10-9-12(18-14)11-17-19(5,6)15(2,3)4/h7,9-10,13,16H,1,8,11H2,2-6H3/t13-/m0/s1. The quantitative estimate of drug-likeness (QED) is 0.620. The molecule has 0 radical (unpaired) electrons. The summed E-state index contributed by atoms with van der Waals surface area (Å²) in [6.07, 6.45) is 1.56. The second kappa shape index (κ2) is 6.07. The minimum atomic E-state index is -1.76. The zero-order chi connectivity index (χ0) is 14.7. The normalized spacial score (nSPS) is 14.4. The molecular weight excluding hydrogens is 256 g/mol. The van der Waals surface area contributed by atoms with Gasteiger partial charge >= 0.3 is 0 Å². The Morgan fingerprint density at radius 3 is 2.58 bits per heavy atom. The van der Waals surface area contributed by atoms with Crippen LogP contribution in [0.1, 0.15) is 44.8 Å². The molecule has 1 atom stereocenters. The first-order valence-corrected chi connectivity index (χ1v) is 9.60. The number of furan rings is 1. The van der Waals surface area contributed by atoms with Gasteiger partial charge in [0.15, 0.2) is 8.32 Å². The molecule has 0 spiro atoms. The van der Waals surface area contributed by atoms with Gasteiger partial charge in [-0.1, -0.05) is 26.8 Å². The van der Waals surface area contributed by atoms with Crippen molar-refractivity contribution in [2.24, 2.45) is 0 Å². The van der Waals surface area contributed by atoms with Gasteiger partial charge in [-0.05, 0) is 36.7 Å². The molecule has 1 heterocycles. The van der Waals surface area contributed by atoms with Crippen molar-refractivity contribution in [3.63, 3.8) is 0 Å². The summed E-state index contributed by atoms with van der Waals surface area (Å²) < 4.78 is 11.7. The van der Waals surface area contributed by atoms with E-state index in [0.717, 1.165) is 5.76 Å². The van der Waals surface area contributed by atoms with Crippen LogP contribution in [-0.2, 0) is 11.0 Å². The van der Waals surface area contributed by atoms with Crippen molar-refractivity contribution in [1.29, 1.82) is 0 Å². The molecule has 0 aromatic carbocycles. The molecule has 4 heteroatoms. The summed E-state index contributed by atoms with van der Waals surface area (Å²) in [5, 5.41) is 9.98. The van der Waals surface area contributed by atoms with Crippen molar-refractivity contribution in [2.45, 2.75) is 58.0 Å². The van der Waals surface area contributed by atoms with Crippen molar-refractivity contribution in [2.75, 3.05) is 0 Å². The Bertz CT molecular complexity index is 415. The molecule has 108 valence electrons. The van der Waals surface area contributed by atoms with Gasteiger partial charge in [0, 0.05) is 0 Å². The summed E-state index contributed by atoms with van der Waals surface area (Å²) in [4.78, 5) is 0. The highest BCUT2D eigenvalue weighted by molar-refractivity contribution is 6.74. The van der Waals surface area contributed by atoms with Crippen LogP contribution in [0.3, 0.4) is 0 Å². The third-order valence-corrected chi connectivity index (χ3v) is 8.26. The Kier molecular flexibility index (Phi) is 5.18. The van der Waals surface area contributed by atoms with E-state index in [0.29, 0.717) is 18.8 Å². The van der Waals surface area contributed by atoms with Crippen LogP contribution in [-0.4, -0.2) is 13.4 Å². The molecule has 1 rings (SSSR count). The molecule has 19 heavy (non-hydrogen) atoms. The number of rotatable bonds is 6. The fourth-order valence-electron chi connectivity index (χ4n) is 1.39. The van der Waals surface area contributed by atoms with E-state index in [2.05, 4.69) is 40.4 Å². The van der Waals surface area contributed by atoms with E-state index in [9.17, 15) is 5.11 Å². The Morgan fingerprint density at radius 2 is 2.05 bits per heavy atom. The first-order chi connectivity index (χ1) is 8.67. The van der Waals surface area contributed by atoms with Crippen LogP contribution in [0.15, 0.2) is 29.2 Å². The maximum Gasteiger partial charge on any atom is 0.192 e. The van der Waals surface area contributed by atoms with E-state index in [-0.39, 0.29) is 5.04 Å². The highest BCUT2D eigenvalue weighted by Gasteiger charge is 2.37. The molecule has 3 nitrogen and oxygen atoms in total. The fraction of sp³-hybridized carbons (Fsp3) is 0.600. The van der Waals surface area contributed by atoms with Gasteiger partial charge in [0.1, 0.15) is 17.6 Å². The predicted octanol–water partition coefficient (Wildman–Crippen LogP) is 4.41. The monoisotopic (exact) mass is 282 g/mol. The maximum atomic E-state index is 9.79. The topological polar surface area (TPSA) is 42.6 Å². The Morgan fingerprint density at radius 1 is 1.42 bits per heavy atom. The van der Waals surface area contributed by atoms with Crippen LogP contribution in [0.5, 0.6) is 0 Å². The predicted molar refractivity (Wildman–Crippen MR) is 80.5 cm³/mol. The Balaban J connectivity index is 2.62. The minimum Gasteiger partial charge on any atom is -0.461 e. The number of hydrogen-bond donors (Lipinski definition) is 1. The molecule has 0 fully saturated rings. The summed E-state index contributed by atoms with van der Waals surface area (Å²) in [6.45, 7) is 15.1. The molecule has 0 bridgehead atoms. The average molecular weight is 282 g/mol. The van der Waals surface area contributed by atoms with Gasteiger partial charge in [0.2, 0.25) is 0 Å². The molecule has 0 saturated heterocycles. The fourth-order valence-corrected chi connectivity index (χ4v) is 2.33. The van der Waals surface area contributed by atoms with Crippen LogP contribution < -0.4 is 0 Å². The van der Waals surface area contributed by atoms with Gasteiger partial charge < -0.3 is 13.9 Å². The van der Waals surface area contributed by atoms with Gasteiger partial charge in [0.25, 0.3) is 0 Å². The molecule has 0 aliphatic rings. The highest BCUT2D eigenvalue weighted by Crippen LogP contribution is 2.37. The second-order valence-electron chi connectivity index (χ2n) is 6.39. The molecule has 0 saturated carbocycles. The van der Waals surface area contributed by atoms with Crippen molar-refractivity contribution >= 4 is 8.32 Å². The number of aliphatic hydroxyl groups excluding tert-OH is 1. The lowest BCUT2D eigenvalue weighted by Gasteiger charge is -2.35. The van der Waals surface area contributed by atoms with E-state index in [1.165, 1.54) is 0 Å². The van der Waals surface area contributed by atoms with Crippen LogP contribution in [0.4, 0.5) is 0 Å². The summed E-state index contributed by atoms with van der Waals surface area (Å²) in [5.74, 6) is 1.34. The smallest absolute Gasteiger partial charge is 0.192 e. The lowest BCUT2D eigenvalue weighted by atomic mass is 10.2. The van der Waals surface area contributed by atoms with Gasteiger partial charge in [0.05, 0.1) is 6.61 Å². The first kappa shape index (κ1) is 16.2. The summed E-state index contributed by atoms with van der Waals surface area (Å²) in [6, 6.07) is 3.67. The third-order valence-electron chi connectivity index (χ3n) is 3.78. The Hall–Kier alpha value is -0.843.